The quantitative estimate of drug-likeness (QED) is 0.529. The minimum Gasteiger partial charge on any atom is -0.382 e. The SMILES string of the molecule is CC(C)C[C@H](N)C(=O)Nc1nc(N)nc2nc(N)c(-c3ccccc3)nc12. The van der Waals surface area contributed by atoms with Crippen molar-refractivity contribution in [3.05, 3.63) is 30.3 Å². The third-order valence-electron chi connectivity index (χ3n) is 3.93. The molecule has 1 amide bonds. The van der Waals surface area contributed by atoms with Crippen LogP contribution in [0, 0.1) is 5.92 Å². The summed E-state index contributed by atoms with van der Waals surface area (Å²) in [7, 11) is 0. The molecule has 0 aliphatic rings. The zero-order valence-electron chi connectivity index (χ0n) is 15.2. The van der Waals surface area contributed by atoms with Crippen molar-refractivity contribution in [2.24, 2.45) is 11.7 Å². The molecule has 0 radical (unpaired) electrons. The lowest BCUT2D eigenvalue weighted by molar-refractivity contribution is -0.117. The van der Waals surface area contributed by atoms with E-state index in [0.717, 1.165) is 5.56 Å². The maximum absolute atomic E-state index is 12.4. The summed E-state index contributed by atoms with van der Waals surface area (Å²) in [5.74, 6) is 0.230. The first-order valence-electron chi connectivity index (χ1n) is 8.57. The third-order valence-corrected chi connectivity index (χ3v) is 3.93. The molecule has 1 atom stereocenters. The van der Waals surface area contributed by atoms with Gasteiger partial charge in [-0.3, -0.25) is 4.79 Å². The summed E-state index contributed by atoms with van der Waals surface area (Å²) in [5, 5.41) is 2.69. The Balaban J connectivity index is 2.05. The Kier molecular flexibility index (Phi) is 5.13. The van der Waals surface area contributed by atoms with Gasteiger partial charge in [-0.1, -0.05) is 44.2 Å². The van der Waals surface area contributed by atoms with Crippen LogP contribution in [0.2, 0.25) is 0 Å². The molecular formula is C18H22N8O. The van der Waals surface area contributed by atoms with E-state index in [1.54, 1.807) is 0 Å². The fraction of sp³-hybridized carbons (Fsp3) is 0.278. The standard InChI is InChI=1S/C18H22N8O/c1-9(2)8-11(19)17(27)24-16-13-15(25-18(21)26-16)23-14(20)12(22-13)10-6-4-3-5-7-10/h3-7,9,11H,8,19H2,1-2H3,(H5,20,21,23,24,25,26,27)/t11-/m0/s1. The number of amides is 1. The number of rotatable bonds is 5. The lowest BCUT2D eigenvalue weighted by Crippen LogP contribution is -2.37. The van der Waals surface area contributed by atoms with Gasteiger partial charge in [0, 0.05) is 5.56 Å². The van der Waals surface area contributed by atoms with Crippen molar-refractivity contribution in [2.75, 3.05) is 16.8 Å². The topological polar surface area (TPSA) is 159 Å². The molecule has 0 aliphatic carbocycles. The molecule has 0 aliphatic heterocycles. The van der Waals surface area contributed by atoms with Gasteiger partial charge in [-0.15, -0.1) is 0 Å². The fourth-order valence-electron chi connectivity index (χ4n) is 2.70. The summed E-state index contributed by atoms with van der Waals surface area (Å²) < 4.78 is 0. The molecule has 2 heterocycles. The number of benzene rings is 1. The molecule has 0 unspecified atom stereocenters. The molecule has 0 saturated heterocycles. The largest absolute Gasteiger partial charge is 0.382 e. The number of aromatic nitrogens is 4. The van der Waals surface area contributed by atoms with Crippen molar-refractivity contribution in [1.29, 1.82) is 0 Å². The molecule has 27 heavy (non-hydrogen) atoms. The van der Waals surface area contributed by atoms with Gasteiger partial charge < -0.3 is 22.5 Å². The molecule has 9 heteroatoms. The average Bonchev–Trinajstić information content (AvgIpc) is 2.61. The van der Waals surface area contributed by atoms with Crippen molar-refractivity contribution in [1.82, 2.24) is 19.9 Å². The minimum atomic E-state index is -0.674. The third kappa shape index (κ3) is 4.09. The molecule has 7 N–H and O–H groups in total. The van der Waals surface area contributed by atoms with E-state index in [9.17, 15) is 4.79 Å². The van der Waals surface area contributed by atoms with E-state index in [2.05, 4.69) is 25.3 Å². The Morgan fingerprint density at radius 3 is 2.44 bits per heavy atom. The summed E-state index contributed by atoms with van der Waals surface area (Å²) >= 11 is 0. The predicted molar refractivity (Wildman–Crippen MR) is 105 cm³/mol. The molecule has 140 valence electrons. The number of carbonyl (C=O) groups is 1. The second-order valence-electron chi connectivity index (χ2n) is 6.65. The lowest BCUT2D eigenvalue weighted by atomic mass is 10.0. The van der Waals surface area contributed by atoms with Gasteiger partial charge in [0.25, 0.3) is 0 Å². The summed E-state index contributed by atoms with van der Waals surface area (Å²) in [6.45, 7) is 3.98. The number of nitrogens with two attached hydrogens (primary N) is 3. The van der Waals surface area contributed by atoms with E-state index in [-0.39, 0.29) is 35.1 Å². The highest BCUT2D eigenvalue weighted by Crippen LogP contribution is 2.27. The Morgan fingerprint density at radius 1 is 1.07 bits per heavy atom. The van der Waals surface area contributed by atoms with E-state index < -0.39 is 6.04 Å². The number of hydrogen-bond acceptors (Lipinski definition) is 8. The van der Waals surface area contributed by atoms with Crippen molar-refractivity contribution in [2.45, 2.75) is 26.3 Å². The highest BCUT2D eigenvalue weighted by molar-refractivity contribution is 6.00. The van der Waals surface area contributed by atoms with Crippen molar-refractivity contribution in [3.63, 3.8) is 0 Å². The van der Waals surface area contributed by atoms with Gasteiger partial charge in [0.15, 0.2) is 22.8 Å². The van der Waals surface area contributed by atoms with Crippen molar-refractivity contribution in [3.8, 4) is 11.3 Å². The van der Waals surface area contributed by atoms with Crippen LogP contribution in [-0.2, 0) is 4.79 Å². The van der Waals surface area contributed by atoms with E-state index in [1.807, 2.05) is 44.2 Å². The molecule has 9 nitrogen and oxygen atoms in total. The maximum Gasteiger partial charge on any atom is 0.242 e. The number of hydrogen-bond donors (Lipinski definition) is 4. The van der Waals surface area contributed by atoms with Crippen LogP contribution in [-0.4, -0.2) is 31.9 Å². The van der Waals surface area contributed by atoms with Gasteiger partial charge in [0.05, 0.1) is 6.04 Å². The predicted octanol–water partition coefficient (Wildman–Crippen LogP) is 1.56. The zero-order valence-corrected chi connectivity index (χ0v) is 15.2. The van der Waals surface area contributed by atoms with E-state index >= 15 is 0 Å². The summed E-state index contributed by atoms with van der Waals surface area (Å²) in [5.41, 5.74) is 19.5. The molecule has 2 aromatic heterocycles. The molecule has 1 aromatic carbocycles. The maximum atomic E-state index is 12.4. The van der Waals surface area contributed by atoms with Crippen LogP contribution < -0.4 is 22.5 Å². The summed E-state index contributed by atoms with van der Waals surface area (Å²) in [4.78, 5) is 29.4. The molecule has 0 bridgehead atoms. The van der Waals surface area contributed by atoms with Crippen LogP contribution in [0.25, 0.3) is 22.4 Å². The number of anilines is 3. The molecule has 0 spiro atoms. The van der Waals surface area contributed by atoms with Crippen molar-refractivity contribution >= 4 is 34.7 Å². The number of nitrogens with zero attached hydrogens (tertiary/aromatic N) is 4. The lowest BCUT2D eigenvalue weighted by Gasteiger charge is -2.15. The van der Waals surface area contributed by atoms with Gasteiger partial charge in [-0.2, -0.15) is 9.97 Å². The van der Waals surface area contributed by atoms with Crippen molar-refractivity contribution < 1.29 is 4.79 Å². The second-order valence-corrected chi connectivity index (χ2v) is 6.65. The van der Waals surface area contributed by atoms with Gasteiger partial charge in [0.1, 0.15) is 5.69 Å². The normalized spacial score (nSPS) is 12.3. The Morgan fingerprint density at radius 2 is 1.78 bits per heavy atom. The zero-order chi connectivity index (χ0) is 19.6. The number of fused-ring (bicyclic) bond motifs is 1. The summed E-state index contributed by atoms with van der Waals surface area (Å²) in [6.07, 6.45) is 0.540. The van der Waals surface area contributed by atoms with Crippen LogP contribution >= 0.6 is 0 Å². The highest BCUT2D eigenvalue weighted by Gasteiger charge is 2.20. The number of nitrogens with one attached hydrogen (secondary N) is 1. The monoisotopic (exact) mass is 366 g/mol. The van der Waals surface area contributed by atoms with E-state index in [0.29, 0.717) is 17.6 Å². The van der Waals surface area contributed by atoms with Crippen LogP contribution in [0.1, 0.15) is 20.3 Å². The smallest absolute Gasteiger partial charge is 0.242 e. The van der Waals surface area contributed by atoms with Crippen LogP contribution in [0.4, 0.5) is 17.6 Å². The van der Waals surface area contributed by atoms with E-state index in [1.165, 1.54) is 0 Å². The fourth-order valence-corrected chi connectivity index (χ4v) is 2.70. The van der Waals surface area contributed by atoms with Crippen LogP contribution in [0.15, 0.2) is 30.3 Å². The molecular weight excluding hydrogens is 344 g/mol. The van der Waals surface area contributed by atoms with Crippen LogP contribution in [0.5, 0.6) is 0 Å². The number of nitrogen functional groups attached to an aromatic ring is 2. The Hall–Kier alpha value is -3.33. The van der Waals surface area contributed by atoms with Gasteiger partial charge in [-0.05, 0) is 12.3 Å². The average molecular weight is 366 g/mol. The van der Waals surface area contributed by atoms with Gasteiger partial charge in [0.2, 0.25) is 11.9 Å². The first-order valence-corrected chi connectivity index (χ1v) is 8.57. The van der Waals surface area contributed by atoms with Crippen LogP contribution in [0.3, 0.4) is 0 Å². The molecule has 0 fully saturated rings. The Labute approximate surface area is 156 Å². The first kappa shape index (κ1) is 18.5. The highest BCUT2D eigenvalue weighted by atomic mass is 16.2. The Bertz CT molecular complexity index is 974. The van der Waals surface area contributed by atoms with E-state index in [4.69, 9.17) is 17.2 Å². The number of carbonyl (C=O) groups excluding carboxylic acids is 1. The van der Waals surface area contributed by atoms with Gasteiger partial charge in [-0.25, -0.2) is 9.97 Å². The minimum absolute atomic E-state index is 0.0450. The molecule has 3 rings (SSSR count). The summed E-state index contributed by atoms with van der Waals surface area (Å²) in [6, 6.07) is 8.68. The first-order chi connectivity index (χ1) is 12.8. The molecule has 0 saturated carbocycles. The van der Waals surface area contributed by atoms with Gasteiger partial charge >= 0.3 is 0 Å². The molecule has 3 aromatic rings. The second kappa shape index (κ2) is 7.50.